The van der Waals surface area contributed by atoms with Crippen LogP contribution in [0.15, 0.2) is 49.3 Å². The predicted molar refractivity (Wildman–Crippen MR) is 119 cm³/mol. The highest BCUT2D eigenvalue weighted by atomic mass is 16.5. The molecule has 0 aliphatic carbocycles. The van der Waals surface area contributed by atoms with Crippen LogP contribution in [0.4, 0.5) is 5.69 Å². The number of pyridine rings is 1. The molecular formula is C23H22N4O5. The van der Waals surface area contributed by atoms with Crippen molar-refractivity contribution in [2.24, 2.45) is 4.99 Å². The Morgan fingerprint density at radius 1 is 1.19 bits per heavy atom. The quantitative estimate of drug-likeness (QED) is 0.481. The highest BCUT2D eigenvalue weighted by Gasteiger charge is 2.19. The van der Waals surface area contributed by atoms with Crippen molar-refractivity contribution < 1.29 is 14.3 Å². The summed E-state index contributed by atoms with van der Waals surface area (Å²) in [5.41, 5.74) is 0.711. The summed E-state index contributed by atoms with van der Waals surface area (Å²) in [5, 5.41) is 21.1. The fourth-order valence-corrected chi connectivity index (χ4v) is 3.68. The van der Waals surface area contributed by atoms with E-state index in [1.807, 2.05) is 6.07 Å². The fraction of sp³-hybridized carbons (Fsp3) is 0.304. The number of nitriles is 1. The molecule has 0 amide bonds. The maximum absolute atomic E-state index is 12.8. The van der Waals surface area contributed by atoms with Crippen molar-refractivity contribution in [3.8, 4) is 11.9 Å². The molecule has 3 aromatic rings. The van der Waals surface area contributed by atoms with Crippen LogP contribution in [0.3, 0.4) is 0 Å². The molecule has 3 heterocycles. The standard InChI is InChI=1S/C23H22N4O5/c1-15-18(13-24)22(29)27(7-6-26-8-10-31-11-9-26)23(30)19(15)14-25-17-3-4-20-16(12-17)2-5-21(28)32-20/h2-5,12,14,30H,6-11H2,1H3. The fourth-order valence-electron chi connectivity index (χ4n) is 3.68. The normalized spacial score (nSPS) is 14.8. The number of morpholine rings is 1. The maximum Gasteiger partial charge on any atom is 0.336 e. The Balaban J connectivity index is 1.68. The van der Waals surface area contributed by atoms with Crippen LogP contribution in [0.5, 0.6) is 5.88 Å². The molecule has 1 fully saturated rings. The molecule has 0 atom stereocenters. The van der Waals surface area contributed by atoms with Gasteiger partial charge in [-0.1, -0.05) is 0 Å². The van der Waals surface area contributed by atoms with Crippen LogP contribution in [0.2, 0.25) is 0 Å². The lowest BCUT2D eigenvalue weighted by Crippen LogP contribution is -2.39. The van der Waals surface area contributed by atoms with Gasteiger partial charge in [-0.05, 0) is 36.8 Å². The summed E-state index contributed by atoms with van der Waals surface area (Å²) < 4.78 is 11.7. The molecule has 9 heteroatoms. The Labute approximate surface area is 183 Å². The van der Waals surface area contributed by atoms with Gasteiger partial charge in [0.25, 0.3) is 5.56 Å². The Bertz CT molecular complexity index is 1340. The first-order chi connectivity index (χ1) is 15.5. The number of nitrogens with zero attached hydrogens (tertiary/aromatic N) is 4. The molecule has 1 saturated heterocycles. The van der Waals surface area contributed by atoms with Gasteiger partial charge in [0.2, 0.25) is 5.88 Å². The van der Waals surface area contributed by atoms with Crippen LogP contribution in [-0.2, 0) is 11.3 Å². The van der Waals surface area contributed by atoms with Gasteiger partial charge in [-0.25, -0.2) is 4.79 Å². The minimum Gasteiger partial charge on any atom is -0.494 e. The molecule has 32 heavy (non-hydrogen) atoms. The lowest BCUT2D eigenvalue weighted by Gasteiger charge is -2.27. The van der Waals surface area contributed by atoms with E-state index in [0.717, 1.165) is 13.1 Å². The predicted octanol–water partition coefficient (Wildman–Crippen LogP) is 1.92. The number of aromatic hydroxyl groups is 1. The van der Waals surface area contributed by atoms with E-state index in [1.54, 1.807) is 31.2 Å². The van der Waals surface area contributed by atoms with E-state index in [2.05, 4.69) is 9.89 Å². The van der Waals surface area contributed by atoms with Gasteiger partial charge in [0.05, 0.1) is 24.5 Å². The average molecular weight is 434 g/mol. The second-order valence-electron chi connectivity index (χ2n) is 7.49. The van der Waals surface area contributed by atoms with Gasteiger partial charge in [0, 0.05) is 43.8 Å². The number of aliphatic imine (C=N–C) groups is 1. The molecule has 1 aromatic carbocycles. The Hall–Kier alpha value is -3.74. The summed E-state index contributed by atoms with van der Waals surface area (Å²) in [4.78, 5) is 30.7. The number of benzene rings is 1. The molecule has 0 unspecified atom stereocenters. The summed E-state index contributed by atoms with van der Waals surface area (Å²) in [6.07, 6.45) is 1.44. The van der Waals surface area contributed by atoms with E-state index >= 15 is 0 Å². The molecule has 4 rings (SSSR count). The molecule has 164 valence electrons. The first-order valence-corrected chi connectivity index (χ1v) is 10.2. The number of rotatable bonds is 5. The van der Waals surface area contributed by atoms with Crippen LogP contribution in [0.1, 0.15) is 16.7 Å². The molecule has 1 N–H and O–H groups in total. The first-order valence-electron chi connectivity index (χ1n) is 10.2. The Kier molecular flexibility index (Phi) is 6.16. The van der Waals surface area contributed by atoms with E-state index < -0.39 is 11.2 Å². The number of hydrogen-bond donors (Lipinski definition) is 1. The largest absolute Gasteiger partial charge is 0.494 e. The topological polar surface area (TPSA) is 121 Å². The Morgan fingerprint density at radius 3 is 2.72 bits per heavy atom. The minimum atomic E-state index is -0.520. The SMILES string of the molecule is Cc1c(C=Nc2ccc3oc(=O)ccc3c2)c(O)n(CCN2CCOCC2)c(=O)c1C#N. The van der Waals surface area contributed by atoms with Crippen LogP contribution >= 0.6 is 0 Å². The highest BCUT2D eigenvalue weighted by Crippen LogP contribution is 2.23. The van der Waals surface area contributed by atoms with Crippen molar-refractivity contribution in [1.82, 2.24) is 9.47 Å². The van der Waals surface area contributed by atoms with Crippen LogP contribution < -0.4 is 11.2 Å². The zero-order valence-electron chi connectivity index (χ0n) is 17.6. The van der Waals surface area contributed by atoms with E-state index in [4.69, 9.17) is 9.15 Å². The summed E-state index contributed by atoms with van der Waals surface area (Å²) >= 11 is 0. The van der Waals surface area contributed by atoms with Crippen molar-refractivity contribution in [2.45, 2.75) is 13.5 Å². The van der Waals surface area contributed by atoms with Crippen LogP contribution in [0, 0.1) is 18.3 Å². The van der Waals surface area contributed by atoms with Crippen molar-refractivity contribution in [1.29, 1.82) is 5.26 Å². The zero-order chi connectivity index (χ0) is 22.7. The lowest BCUT2D eigenvalue weighted by atomic mass is 10.1. The third kappa shape index (κ3) is 4.32. The van der Waals surface area contributed by atoms with Crippen LogP contribution in [-0.4, -0.2) is 53.6 Å². The molecule has 0 bridgehead atoms. The maximum atomic E-state index is 12.8. The van der Waals surface area contributed by atoms with Gasteiger partial charge >= 0.3 is 5.63 Å². The molecule has 0 radical (unpaired) electrons. The Morgan fingerprint density at radius 2 is 1.97 bits per heavy atom. The average Bonchev–Trinajstić information content (AvgIpc) is 2.80. The third-order valence-corrected chi connectivity index (χ3v) is 5.54. The monoisotopic (exact) mass is 434 g/mol. The first kappa shape index (κ1) is 21.5. The number of hydrogen-bond acceptors (Lipinski definition) is 8. The van der Waals surface area contributed by atoms with E-state index in [1.165, 1.54) is 16.8 Å². The van der Waals surface area contributed by atoms with Gasteiger partial charge in [-0.2, -0.15) is 5.26 Å². The minimum absolute atomic E-state index is 0.0217. The number of fused-ring (bicyclic) bond motifs is 1. The van der Waals surface area contributed by atoms with Crippen molar-refractivity contribution in [2.75, 3.05) is 32.8 Å². The molecule has 2 aromatic heterocycles. The van der Waals surface area contributed by atoms with Gasteiger partial charge in [-0.15, -0.1) is 0 Å². The van der Waals surface area contributed by atoms with Crippen LogP contribution in [0.25, 0.3) is 11.0 Å². The molecule has 0 saturated carbocycles. The summed E-state index contributed by atoms with van der Waals surface area (Å²) in [7, 11) is 0. The molecular weight excluding hydrogens is 412 g/mol. The third-order valence-electron chi connectivity index (χ3n) is 5.54. The summed E-state index contributed by atoms with van der Waals surface area (Å²) in [6.45, 7) is 5.18. The van der Waals surface area contributed by atoms with Gasteiger partial charge < -0.3 is 14.3 Å². The molecule has 1 aliphatic heterocycles. The second-order valence-corrected chi connectivity index (χ2v) is 7.49. The smallest absolute Gasteiger partial charge is 0.336 e. The van der Waals surface area contributed by atoms with E-state index in [-0.39, 0.29) is 18.0 Å². The molecule has 9 nitrogen and oxygen atoms in total. The van der Waals surface area contributed by atoms with Crippen molar-refractivity contribution in [3.63, 3.8) is 0 Å². The van der Waals surface area contributed by atoms with E-state index in [0.29, 0.717) is 47.5 Å². The number of ether oxygens (including phenoxy) is 1. The zero-order valence-corrected chi connectivity index (χ0v) is 17.6. The van der Waals surface area contributed by atoms with E-state index in [9.17, 15) is 20.0 Å². The van der Waals surface area contributed by atoms with Crippen molar-refractivity contribution in [3.05, 3.63) is 67.8 Å². The van der Waals surface area contributed by atoms with Gasteiger partial charge in [0.1, 0.15) is 17.2 Å². The second kappa shape index (κ2) is 9.18. The molecule has 1 aliphatic rings. The van der Waals surface area contributed by atoms with Gasteiger partial charge in [0.15, 0.2) is 0 Å². The lowest BCUT2D eigenvalue weighted by molar-refractivity contribution is 0.0360. The highest BCUT2D eigenvalue weighted by molar-refractivity contribution is 5.88. The van der Waals surface area contributed by atoms with Crippen molar-refractivity contribution >= 4 is 22.9 Å². The van der Waals surface area contributed by atoms with Gasteiger partial charge in [-0.3, -0.25) is 19.3 Å². The number of aromatic nitrogens is 1. The summed E-state index contributed by atoms with van der Waals surface area (Å²) in [6, 6.07) is 9.98. The molecule has 0 spiro atoms. The summed E-state index contributed by atoms with van der Waals surface area (Å²) in [5.74, 6) is -0.227.